The molecular weight excluding hydrogens is 354 g/mol. The fourth-order valence-electron chi connectivity index (χ4n) is 2.77. The van der Waals surface area contributed by atoms with E-state index in [1.54, 1.807) is 32.0 Å². The van der Waals surface area contributed by atoms with Crippen molar-refractivity contribution < 1.29 is 18.0 Å². The van der Waals surface area contributed by atoms with Crippen LogP contribution in [0.3, 0.4) is 0 Å². The zero-order valence-corrected chi connectivity index (χ0v) is 15.4. The summed E-state index contributed by atoms with van der Waals surface area (Å²) in [6.07, 6.45) is 0. The van der Waals surface area contributed by atoms with Crippen LogP contribution in [0, 0.1) is 0 Å². The molecule has 136 valence electrons. The Bertz CT molecular complexity index is 996. The van der Waals surface area contributed by atoms with Crippen molar-refractivity contribution >= 4 is 38.9 Å². The van der Waals surface area contributed by atoms with Crippen LogP contribution < -0.4 is 15.4 Å². The molecule has 2 amide bonds. The summed E-state index contributed by atoms with van der Waals surface area (Å²) in [6, 6.07) is 10.8. The minimum absolute atomic E-state index is 0.0700. The molecular formula is C18H19N3O4S. The van der Waals surface area contributed by atoms with E-state index in [1.807, 2.05) is 0 Å². The summed E-state index contributed by atoms with van der Waals surface area (Å²) >= 11 is 0. The molecule has 0 unspecified atom stereocenters. The van der Waals surface area contributed by atoms with E-state index in [2.05, 4.69) is 15.4 Å². The lowest BCUT2D eigenvalue weighted by molar-refractivity contribution is -0.119. The van der Waals surface area contributed by atoms with Gasteiger partial charge in [-0.2, -0.15) is 0 Å². The second-order valence-corrected chi connectivity index (χ2v) is 8.33. The van der Waals surface area contributed by atoms with Gasteiger partial charge >= 0.3 is 0 Å². The predicted octanol–water partition coefficient (Wildman–Crippen LogP) is 2.68. The average molecular weight is 373 g/mol. The van der Waals surface area contributed by atoms with Crippen LogP contribution >= 0.6 is 0 Å². The molecule has 0 saturated heterocycles. The summed E-state index contributed by atoms with van der Waals surface area (Å²) in [5, 5.41) is 5.36. The van der Waals surface area contributed by atoms with Crippen molar-refractivity contribution in [3.05, 3.63) is 48.0 Å². The number of amides is 2. The molecule has 8 heteroatoms. The minimum Gasteiger partial charge on any atom is -0.326 e. The van der Waals surface area contributed by atoms with Crippen LogP contribution in [0.4, 0.5) is 17.1 Å². The highest BCUT2D eigenvalue weighted by atomic mass is 32.2. The SMILES string of the molecule is CC(=O)Nc1ccc(S(=O)(=O)Nc2ccc3c(c2)C(C)(C)C(=O)N3)cc1. The third-order valence-corrected chi connectivity index (χ3v) is 5.64. The normalized spacial score (nSPS) is 15.1. The molecule has 7 nitrogen and oxygen atoms in total. The fourth-order valence-corrected chi connectivity index (χ4v) is 3.82. The third kappa shape index (κ3) is 3.28. The quantitative estimate of drug-likeness (QED) is 0.766. The lowest BCUT2D eigenvalue weighted by atomic mass is 9.86. The monoisotopic (exact) mass is 373 g/mol. The lowest BCUT2D eigenvalue weighted by Crippen LogP contribution is -2.26. The van der Waals surface area contributed by atoms with Gasteiger partial charge in [-0.1, -0.05) is 0 Å². The number of benzene rings is 2. The van der Waals surface area contributed by atoms with Crippen LogP contribution in [-0.4, -0.2) is 20.2 Å². The van der Waals surface area contributed by atoms with E-state index in [1.165, 1.54) is 31.2 Å². The first kappa shape index (κ1) is 17.9. The first-order valence-corrected chi connectivity index (χ1v) is 9.44. The molecule has 1 aliphatic heterocycles. The molecule has 0 fully saturated rings. The smallest absolute Gasteiger partial charge is 0.261 e. The van der Waals surface area contributed by atoms with Gasteiger partial charge in [-0.05, 0) is 61.9 Å². The van der Waals surface area contributed by atoms with E-state index in [4.69, 9.17) is 0 Å². The number of sulfonamides is 1. The Hall–Kier alpha value is -2.87. The summed E-state index contributed by atoms with van der Waals surface area (Å²) in [5.74, 6) is -0.358. The van der Waals surface area contributed by atoms with E-state index in [0.29, 0.717) is 17.1 Å². The number of nitrogens with one attached hydrogen (secondary N) is 3. The van der Waals surface area contributed by atoms with Crippen LogP contribution in [0.25, 0.3) is 0 Å². The molecule has 0 aliphatic carbocycles. The van der Waals surface area contributed by atoms with Gasteiger partial charge in [0, 0.05) is 24.0 Å². The third-order valence-electron chi connectivity index (χ3n) is 4.25. The molecule has 0 aromatic heterocycles. The summed E-state index contributed by atoms with van der Waals surface area (Å²) < 4.78 is 27.7. The first-order valence-electron chi connectivity index (χ1n) is 7.96. The van der Waals surface area contributed by atoms with Crippen molar-refractivity contribution in [3.63, 3.8) is 0 Å². The molecule has 0 atom stereocenters. The minimum atomic E-state index is -3.79. The number of anilines is 3. The molecule has 26 heavy (non-hydrogen) atoms. The predicted molar refractivity (Wildman–Crippen MR) is 99.7 cm³/mol. The second-order valence-electron chi connectivity index (χ2n) is 6.65. The number of hydrogen-bond donors (Lipinski definition) is 3. The summed E-state index contributed by atoms with van der Waals surface area (Å²) in [4.78, 5) is 23.1. The van der Waals surface area contributed by atoms with Crippen molar-refractivity contribution in [1.29, 1.82) is 0 Å². The summed E-state index contributed by atoms with van der Waals surface area (Å²) in [7, 11) is -3.79. The topological polar surface area (TPSA) is 104 Å². The molecule has 2 aromatic rings. The highest BCUT2D eigenvalue weighted by Gasteiger charge is 2.38. The molecule has 0 saturated carbocycles. The zero-order chi connectivity index (χ0) is 19.1. The number of fused-ring (bicyclic) bond motifs is 1. The van der Waals surface area contributed by atoms with Crippen LogP contribution in [0.2, 0.25) is 0 Å². The molecule has 1 aliphatic rings. The Kier molecular flexibility index (Phi) is 4.23. The highest BCUT2D eigenvalue weighted by Crippen LogP contribution is 2.39. The van der Waals surface area contributed by atoms with Gasteiger partial charge in [-0.15, -0.1) is 0 Å². The lowest BCUT2D eigenvalue weighted by Gasteiger charge is -2.16. The molecule has 0 spiro atoms. The van der Waals surface area contributed by atoms with Crippen molar-refractivity contribution in [3.8, 4) is 0 Å². The van der Waals surface area contributed by atoms with Crippen LogP contribution in [0.5, 0.6) is 0 Å². The van der Waals surface area contributed by atoms with Gasteiger partial charge in [0.2, 0.25) is 11.8 Å². The van der Waals surface area contributed by atoms with Gasteiger partial charge < -0.3 is 10.6 Å². The van der Waals surface area contributed by atoms with Crippen LogP contribution in [-0.2, 0) is 25.0 Å². The summed E-state index contributed by atoms with van der Waals surface area (Å²) in [6.45, 7) is 4.95. The van der Waals surface area contributed by atoms with Gasteiger partial charge in [0.05, 0.1) is 10.3 Å². The standard InChI is InChI=1S/C18H19N3O4S/c1-11(22)19-12-4-7-14(8-5-12)26(24,25)21-13-6-9-16-15(10-13)18(2,3)17(23)20-16/h4-10,21H,1-3H3,(H,19,22)(H,20,23). The van der Waals surface area contributed by atoms with Crippen molar-refractivity contribution in [1.82, 2.24) is 0 Å². The van der Waals surface area contributed by atoms with Crippen molar-refractivity contribution in [2.24, 2.45) is 0 Å². The molecule has 0 bridgehead atoms. The maximum absolute atomic E-state index is 12.6. The Morgan fingerprint density at radius 3 is 2.27 bits per heavy atom. The number of carbonyl (C=O) groups excluding carboxylic acids is 2. The van der Waals surface area contributed by atoms with Crippen LogP contribution in [0.1, 0.15) is 26.3 Å². The van der Waals surface area contributed by atoms with Gasteiger partial charge in [0.25, 0.3) is 10.0 Å². The maximum Gasteiger partial charge on any atom is 0.261 e. The number of carbonyl (C=O) groups is 2. The second kappa shape index (κ2) is 6.14. The molecule has 3 rings (SSSR count). The summed E-state index contributed by atoms with van der Waals surface area (Å²) in [5.41, 5.74) is 1.59. The van der Waals surface area contributed by atoms with Gasteiger partial charge in [0.1, 0.15) is 0 Å². The van der Waals surface area contributed by atoms with E-state index in [-0.39, 0.29) is 16.7 Å². The maximum atomic E-state index is 12.6. The van der Waals surface area contributed by atoms with E-state index >= 15 is 0 Å². The van der Waals surface area contributed by atoms with E-state index < -0.39 is 15.4 Å². The first-order chi connectivity index (χ1) is 12.1. The zero-order valence-electron chi connectivity index (χ0n) is 14.6. The number of rotatable bonds is 4. The van der Waals surface area contributed by atoms with Crippen molar-refractivity contribution in [2.75, 3.05) is 15.4 Å². The average Bonchev–Trinajstić information content (AvgIpc) is 2.77. The number of hydrogen-bond acceptors (Lipinski definition) is 4. The van der Waals surface area contributed by atoms with Gasteiger partial charge in [-0.25, -0.2) is 8.42 Å². The Morgan fingerprint density at radius 2 is 1.65 bits per heavy atom. The Morgan fingerprint density at radius 1 is 1.04 bits per heavy atom. The Labute approximate surface area is 151 Å². The Balaban J connectivity index is 1.86. The van der Waals surface area contributed by atoms with E-state index in [0.717, 1.165) is 5.56 Å². The van der Waals surface area contributed by atoms with Crippen molar-refractivity contribution in [2.45, 2.75) is 31.1 Å². The van der Waals surface area contributed by atoms with Gasteiger partial charge in [-0.3, -0.25) is 14.3 Å². The van der Waals surface area contributed by atoms with Crippen LogP contribution in [0.15, 0.2) is 47.4 Å². The molecule has 0 radical (unpaired) electrons. The van der Waals surface area contributed by atoms with E-state index in [9.17, 15) is 18.0 Å². The molecule has 1 heterocycles. The highest BCUT2D eigenvalue weighted by molar-refractivity contribution is 7.92. The fraction of sp³-hybridized carbons (Fsp3) is 0.222. The van der Waals surface area contributed by atoms with Gasteiger partial charge in [0.15, 0.2) is 0 Å². The molecule has 3 N–H and O–H groups in total. The molecule has 2 aromatic carbocycles. The largest absolute Gasteiger partial charge is 0.326 e.